The maximum atomic E-state index is 5.14. The first-order valence-electron chi connectivity index (χ1n) is 4.35. The summed E-state index contributed by atoms with van der Waals surface area (Å²) >= 11 is 2.22. The lowest BCUT2D eigenvalue weighted by atomic mass is 10.2. The van der Waals surface area contributed by atoms with E-state index in [-0.39, 0.29) is 0 Å². The molecular weight excluding hydrogens is 307 g/mol. The third kappa shape index (κ3) is 2.11. The molecule has 0 saturated carbocycles. The van der Waals surface area contributed by atoms with Gasteiger partial charge in [0.2, 0.25) is 0 Å². The Hall–Kier alpha value is -1.11. The van der Waals surface area contributed by atoms with Crippen molar-refractivity contribution in [2.24, 2.45) is 0 Å². The van der Waals surface area contributed by atoms with E-state index in [9.17, 15) is 0 Å². The molecule has 0 aliphatic rings. The highest BCUT2D eigenvalue weighted by Crippen LogP contribution is 2.27. The van der Waals surface area contributed by atoms with Gasteiger partial charge in [0, 0.05) is 3.57 Å². The Balaban J connectivity index is 2.51. The molecule has 0 radical (unpaired) electrons. The minimum absolute atomic E-state index is 0.524. The van der Waals surface area contributed by atoms with Gasteiger partial charge in [-0.3, -0.25) is 0 Å². The van der Waals surface area contributed by atoms with Gasteiger partial charge in [-0.15, -0.1) is 0 Å². The van der Waals surface area contributed by atoms with E-state index in [1.54, 1.807) is 14.0 Å². The summed E-state index contributed by atoms with van der Waals surface area (Å²) < 4.78 is 11.3. The Kier molecular flexibility index (Phi) is 2.90. The standard InChI is InChI=1S/C10H9IN2O2/c1-6-12-10(15-13-6)8-5-7(14-2)3-4-9(8)11/h3-5H,1-2H3. The van der Waals surface area contributed by atoms with E-state index in [2.05, 4.69) is 32.7 Å². The number of rotatable bonds is 2. The number of benzene rings is 1. The summed E-state index contributed by atoms with van der Waals surface area (Å²) in [6.45, 7) is 1.79. The first-order chi connectivity index (χ1) is 7.20. The van der Waals surface area contributed by atoms with Crippen molar-refractivity contribution in [3.05, 3.63) is 27.6 Å². The first kappa shape index (κ1) is 10.4. The smallest absolute Gasteiger partial charge is 0.259 e. The third-order valence-corrected chi connectivity index (χ3v) is 2.87. The van der Waals surface area contributed by atoms with Crippen molar-refractivity contribution in [2.75, 3.05) is 7.11 Å². The van der Waals surface area contributed by atoms with Crippen LogP contribution in [0.25, 0.3) is 11.5 Å². The van der Waals surface area contributed by atoms with Crippen LogP contribution in [0.2, 0.25) is 0 Å². The number of hydrogen-bond donors (Lipinski definition) is 0. The van der Waals surface area contributed by atoms with Crippen molar-refractivity contribution in [3.63, 3.8) is 0 Å². The van der Waals surface area contributed by atoms with Crippen LogP contribution in [0.1, 0.15) is 5.82 Å². The van der Waals surface area contributed by atoms with Gasteiger partial charge in [0.1, 0.15) is 5.75 Å². The predicted octanol–water partition coefficient (Wildman–Crippen LogP) is 2.66. The Labute approximate surface area is 101 Å². The molecule has 1 heterocycles. The third-order valence-electron chi connectivity index (χ3n) is 1.93. The van der Waals surface area contributed by atoms with Crippen LogP contribution < -0.4 is 4.74 Å². The number of nitrogens with zero attached hydrogens (tertiary/aromatic N) is 2. The molecule has 0 fully saturated rings. The van der Waals surface area contributed by atoms with Gasteiger partial charge in [-0.05, 0) is 47.7 Å². The van der Waals surface area contributed by atoms with E-state index in [4.69, 9.17) is 9.26 Å². The molecule has 0 aliphatic heterocycles. The Morgan fingerprint density at radius 1 is 1.40 bits per heavy atom. The quantitative estimate of drug-likeness (QED) is 0.799. The molecule has 2 rings (SSSR count). The molecule has 78 valence electrons. The molecule has 5 heteroatoms. The van der Waals surface area contributed by atoms with Crippen molar-refractivity contribution in [3.8, 4) is 17.2 Å². The zero-order valence-electron chi connectivity index (χ0n) is 8.32. The van der Waals surface area contributed by atoms with Gasteiger partial charge in [-0.25, -0.2) is 0 Å². The number of aromatic nitrogens is 2. The SMILES string of the molecule is COc1ccc(I)c(-c2nc(C)no2)c1. The highest BCUT2D eigenvalue weighted by molar-refractivity contribution is 14.1. The number of halogens is 1. The largest absolute Gasteiger partial charge is 0.497 e. The lowest BCUT2D eigenvalue weighted by Gasteiger charge is -2.02. The first-order valence-corrected chi connectivity index (χ1v) is 5.43. The average Bonchev–Trinajstić information content (AvgIpc) is 2.65. The van der Waals surface area contributed by atoms with E-state index >= 15 is 0 Å². The van der Waals surface area contributed by atoms with E-state index in [0.717, 1.165) is 14.9 Å². The maximum absolute atomic E-state index is 5.14. The van der Waals surface area contributed by atoms with Crippen molar-refractivity contribution in [1.29, 1.82) is 0 Å². The highest BCUT2D eigenvalue weighted by Gasteiger charge is 2.11. The zero-order chi connectivity index (χ0) is 10.8. The number of hydrogen-bond acceptors (Lipinski definition) is 4. The molecule has 0 spiro atoms. The van der Waals surface area contributed by atoms with Crippen LogP contribution >= 0.6 is 22.6 Å². The summed E-state index contributed by atoms with van der Waals surface area (Å²) in [7, 11) is 1.63. The molecule has 1 aromatic carbocycles. The van der Waals surface area contributed by atoms with Gasteiger partial charge < -0.3 is 9.26 Å². The van der Waals surface area contributed by atoms with Crippen LogP contribution in [0.4, 0.5) is 0 Å². The van der Waals surface area contributed by atoms with Gasteiger partial charge in [-0.1, -0.05) is 5.16 Å². The molecule has 0 saturated heterocycles. The van der Waals surface area contributed by atoms with Crippen LogP contribution in [-0.4, -0.2) is 17.3 Å². The molecular formula is C10H9IN2O2. The van der Waals surface area contributed by atoms with Crippen molar-refractivity contribution >= 4 is 22.6 Å². The molecule has 15 heavy (non-hydrogen) atoms. The fourth-order valence-electron chi connectivity index (χ4n) is 1.20. The van der Waals surface area contributed by atoms with Crippen molar-refractivity contribution < 1.29 is 9.26 Å². The van der Waals surface area contributed by atoms with Crippen molar-refractivity contribution in [2.45, 2.75) is 6.92 Å². The molecule has 0 amide bonds. The Bertz CT molecular complexity index is 482. The van der Waals surface area contributed by atoms with Crippen molar-refractivity contribution in [1.82, 2.24) is 10.1 Å². The van der Waals surface area contributed by atoms with Gasteiger partial charge in [0.15, 0.2) is 5.82 Å². The molecule has 4 nitrogen and oxygen atoms in total. The van der Waals surface area contributed by atoms with Crippen LogP contribution in [0.5, 0.6) is 5.75 Å². The lowest BCUT2D eigenvalue weighted by molar-refractivity contribution is 0.412. The fourth-order valence-corrected chi connectivity index (χ4v) is 1.77. The second kappa shape index (κ2) is 4.18. The van der Waals surface area contributed by atoms with Crippen LogP contribution in [0.15, 0.2) is 22.7 Å². The van der Waals surface area contributed by atoms with E-state index in [0.29, 0.717) is 11.7 Å². The highest BCUT2D eigenvalue weighted by atomic mass is 127. The van der Waals surface area contributed by atoms with E-state index in [1.807, 2.05) is 18.2 Å². The van der Waals surface area contributed by atoms with Crippen LogP contribution in [0.3, 0.4) is 0 Å². The minimum Gasteiger partial charge on any atom is -0.497 e. The number of ether oxygens (including phenoxy) is 1. The van der Waals surface area contributed by atoms with Crippen LogP contribution in [-0.2, 0) is 0 Å². The molecule has 0 aliphatic carbocycles. The maximum Gasteiger partial charge on any atom is 0.259 e. The summed E-state index contributed by atoms with van der Waals surface area (Å²) in [5.41, 5.74) is 0.899. The molecule has 0 bridgehead atoms. The van der Waals surface area contributed by atoms with Gasteiger partial charge in [0.25, 0.3) is 5.89 Å². The molecule has 0 N–H and O–H groups in total. The summed E-state index contributed by atoms with van der Waals surface area (Å²) in [4.78, 5) is 4.18. The average molecular weight is 316 g/mol. The second-order valence-corrected chi connectivity index (χ2v) is 4.15. The van der Waals surface area contributed by atoms with Crippen LogP contribution in [0, 0.1) is 10.5 Å². The van der Waals surface area contributed by atoms with Gasteiger partial charge in [0.05, 0.1) is 12.7 Å². The second-order valence-electron chi connectivity index (χ2n) is 2.99. The summed E-state index contributed by atoms with van der Waals surface area (Å²) in [5.74, 6) is 1.93. The summed E-state index contributed by atoms with van der Waals surface area (Å²) in [6, 6.07) is 5.73. The number of aryl methyl sites for hydroxylation is 1. The van der Waals surface area contributed by atoms with Gasteiger partial charge >= 0.3 is 0 Å². The Morgan fingerprint density at radius 3 is 2.80 bits per heavy atom. The normalized spacial score (nSPS) is 10.3. The fraction of sp³-hybridized carbons (Fsp3) is 0.200. The van der Waals surface area contributed by atoms with E-state index in [1.165, 1.54) is 0 Å². The summed E-state index contributed by atoms with van der Waals surface area (Å²) in [5, 5.41) is 3.76. The predicted molar refractivity (Wildman–Crippen MR) is 63.7 cm³/mol. The molecule has 0 atom stereocenters. The van der Waals surface area contributed by atoms with E-state index < -0.39 is 0 Å². The summed E-state index contributed by atoms with van der Waals surface area (Å²) in [6.07, 6.45) is 0. The lowest BCUT2D eigenvalue weighted by Crippen LogP contribution is -1.87. The van der Waals surface area contributed by atoms with Gasteiger partial charge in [-0.2, -0.15) is 4.98 Å². The zero-order valence-corrected chi connectivity index (χ0v) is 10.5. The molecule has 0 unspecified atom stereocenters. The number of methoxy groups -OCH3 is 1. The molecule has 1 aromatic heterocycles. The molecule has 2 aromatic rings. The monoisotopic (exact) mass is 316 g/mol. The topological polar surface area (TPSA) is 48.2 Å². The minimum atomic E-state index is 0.524. The Morgan fingerprint density at radius 2 is 2.20 bits per heavy atom.